The zero-order valence-electron chi connectivity index (χ0n) is 13.4. The molecule has 1 aliphatic heterocycles. The van der Waals surface area contributed by atoms with Gasteiger partial charge in [0.05, 0.1) is 7.11 Å². The Bertz CT molecular complexity index is 758. The molecule has 0 spiro atoms. The molecule has 24 heavy (non-hydrogen) atoms. The van der Waals surface area contributed by atoms with E-state index in [2.05, 4.69) is 14.6 Å². The molecule has 0 radical (unpaired) electrons. The normalized spacial score (nSPS) is 18.8. The SMILES string of the molecule is COC(=O)OC1CN(CCc2c[nH]c3ccc(F)cc23)CCC1=O. The second-order valence-electron chi connectivity index (χ2n) is 5.83. The van der Waals surface area contributed by atoms with E-state index in [1.165, 1.54) is 19.2 Å². The van der Waals surface area contributed by atoms with E-state index in [4.69, 9.17) is 4.74 Å². The van der Waals surface area contributed by atoms with Gasteiger partial charge in [0.25, 0.3) is 0 Å². The third kappa shape index (κ3) is 3.56. The average Bonchev–Trinajstić information content (AvgIpc) is 2.97. The lowest BCUT2D eigenvalue weighted by Gasteiger charge is -2.30. The molecule has 0 aliphatic carbocycles. The number of ether oxygens (including phenoxy) is 2. The molecule has 1 unspecified atom stereocenters. The Morgan fingerprint density at radius 3 is 3.08 bits per heavy atom. The number of ketones is 1. The number of benzene rings is 1. The lowest BCUT2D eigenvalue weighted by atomic mass is 10.1. The molecule has 3 rings (SSSR count). The Kier molecular flexibility index (Phi) is 4.80. The summed E-state index contributed by atoms with van der Waals surface area (Å²) in [4.78, 5) is 28.2. The standard InChI is InChI=1S/C17H19FN2O4/c1-23-17(22)24-16-10-20(7-5-15(16)21)6-4-11-9-19-14-3-2-12(18)8-13(11)14/h2-3,8-9,16,19H,4-7,10H2,1H3. The van der Waals surface area contributed by atoms with E-state index in [1.807, 2.05) is 6.20 Å². The van der Waals surface area contributed by atoms with Crippen LogP contribution in [0, 0.1) is 5.82 Å². The number of carbonyl (C=O) groups is 2. The fourth-order valence-electron chi connectivity index (χ4n) is 2.96. The number of likely N-dealkylation sites (tertiary alicyclic amines) is 1. The number of methoxy groups -OCH3 is 1. The van der Waals surface area contributed by atoms with Gasteiger partial charge in [-0.2, -0.15) is 0 Å². The lowest BCUT2D eigenvalue weighted by molar-refractivity contribution is -0.133. The number of rotatable bonds is 4. The minimum absolute atomic E-state index is 0.0918. The van der Waals surface area contributed by atoms with Gasteiger partial charge in [0.15, 0.2) is 11.9 Å². The number of H-pyrrole nitrogens is 1. The minimum Gasteiger partial charge on any atom is -0.438 e. The molecule has 2 heterocycles. The first-order valence-corrected chi connectivity index (χ1v) is 7.82. The van der Waals surface area contributed by atoms with Gasteiger partial charge >= 0.3 is 6.16 Å². The van der Waals surface area contributed by atoms with Crippen molar-refractivity contribution in [2.45, 2.75) is 18.9 Å². The van der Waals surface area contributed by atoms with Crippen molar-refractivity contribution in [3.63, 3.8) is 0 Å². The molecule has 7 heteroatoms. The minimum atomic E-state index is -0.845. The topological polar surface area (TPSA) is 71.6 Å². The van der Waals surface area contributed by atoms with E-state index in [0.717, 1.165) is 16.5 Å². The quantitative estimate of drug-likeness (QED) is 0.869. The fourth-order valence-corrected chi connectivity index (χ4v) is 2.96. The van der Waals surface area contributed by atoms with Crippen LogP contribution in [0.3, 0.4) is 0 Å². The number of aromatic amines is 1. The molecule has 1 aromatic heterocycles. The monoisotopic (exact) mass is 334 g/mol. The summed E-state index contributed by atoms with van der Waals surface area (Å²) in [5.74, 6) is -0.357. The first-order chi connectivity index (χ1) is 11.6. The van der Waals surface area contributed by atoms with Crippen LogP contribution in [0.4, 0.5) is 9.18 Å². The first-order valence-electron chi connectivity index (χ1n) is 7.82. The zero-order chi connectivity index (χ0) is 17.1. The van der Waals surface area contributed by atoms with Gasteiger partial charge in [-0.1, -0.05) is 0 Å². The van der Waals surface area contributed by atoms with Crippen molar-refractivity contribution in [2.24, 2.45) is 0 Å². The van der Waals surface area contributed by atoms with Gasteiger partial charge in [-0.15, -0.1) is 0 Å². The van der Waals surface area contributed by atoms with Gasteiger partial charge in [-0.3, -0.25) is 9.69 Å². The summed E-state index contributed by atoms with van der Waals surface area (Å²) in [5, 5.41) is 0.866. The van der Waals surface area contributed by atoms with Crippen LogP contribution in [0.5, 0.6) is 0 Å². The van der Waals surface area contributed by atoms with Crippen molar-refractivity contribution in [1.29, 1.82) is 0 Å². The second-order valence-corrected chi connectivity index (χ2v) is 5.83. The van der Waals surface area contributed by atoms with Crippen molar-refractivity contribution < 1.29 is 23.5 Å². The highest BCUT2D eigenvalue weighted by Crippen LogP contribution is 2.20. The molecule has 1 fully saturated rings. The third-order valence-electron chi connectivity index (χ3n) is 4.29. The average molecular weight is 334 g/mol. The number of fused-ring (bicyclic) bond motifs is 1. The Labute approximate surface area is 138 Å². The molecule has 1 atom stereocenters. The molecule has 2 aromatic rings. The molecule has 1 saturated heterocycles. The summed E-state index contributed by atoms with van der Waals surface area (Å²) < 4.78 is 22.9. The summed E-state index contributed by atoms with van der Waals surface area (Å²) in [6.45, 7) is 1.67. The summed E-state index contributed by atoms with van der Waals surface area (Å²) in [6, 6.07) is 4.66. The molecule has 6 nitrogen and oxygen atoms in total. The van der Waals surface area contributed by atoms with E-state index in [9.17, 15) is 14.0 Å². The number of nitrogens with zero attached hydrogens (tertiary/aromatic N) is 1. The van der Waals surface area contributed by atoms with E-state index in [0.29, 0.717) is 32.5 Å². The van der Waals surface area contributed by atoms with Crippen LogP contribution in [0.15, 0.2) is 24.4 Å². The predicted molar refractivity (Wildman–Crippen MR) is 85.3 cm³/mol. The number of hydrogen-bond donors (Lipinski definition) is 1. The number of piperidine rings is 1. The van der Waals surface area contributed by atoms with Crippen LogP contribution in [0.2, 0.25) is 0 Å². The summed E-state index contributed by atoms with van der Waals surface area (Å²) in [7, 11) is 1.21. The van der Waals surface area contributed by atoms with Gasteiger partial charge in [0, 0.05) is 43.2 Å². The molecular formula is C17H19FN2O4. The van der Waals surface area contributed by atoms with Crippen LogP contribution in [0.25, 0.3) is 10.9 Å². The number of carbonyl (C=O) groups excluding carboxylic acids is 2. The molecular weight excluding hydrogens is 315 g/mol. The van der Waals surface area contributed by atoms with Crippen LogP contribution in [-0.2, 0) is 20.7 Å². The smallest absolute Gasteiger partial charge is 0.438 e. The molecule has 0 bridgehead atoms. The van der Waals surface area contributed by atoms with Crippen molar-refractivity contribution in [3.05, 3.63) is 35.8 Å². The van der Waals surface area contributed by atoms with Crippen molar-refractivity contribution in [1.82, 2.24) is 9.88 Å². The van der Waals surface area contributed by atoms with Crippen LogP contribution in [-0.4, -0.2) is 54.7 Å². The predicted octanol–water partition coefficient (Wildman–Crippen LogP) is 2.28. The maximum absolute atomic E-state index is 13.4. The molecule has 1 N–H and O–H groups in total. The van der Waals surface area contributed by atoms with Crippen LogP contribution < -0.4 is 0 Å². The zero-order valence-corrected chi connectivity index (χ0v) is 13.4. The molecule has 0 saturated carbocycles. The molecule has 1 aliphatic rings. The van der Waals surface area contributed by atoms with Crippen molar-refractivity contribution >= 4 is 22.8 Å². The van der Waals surface area contributed by atoms with E-state index < -0.39 is 12.3 Å². The number of hydrogen-bond acceptors (Lipinski definition) is 5. The largest absolute Gasteiger partial charge is 0.508 e. The van der Waals surface area contributed by atoms with Gasteiger partial charge in [0.1, 0.15) is 5.82 Å². The molecule has 1 aromatic carbocycles. The maximum atomic E-state index is 13.4. The van der Waals surface area contributed by atoms with Gasteiger partial charge in [-0.05, 0) is 30.2 Å². The molecule has 128 valence electrons. The van der Waals surface area contributed by atoms with Crippen molar-refractivity contribution in [2.75, 3.05) is 26.7 Å². The number of aromatic nitrogens is 1. The Morgan fingerprint density at radius 2 is 2.29 bits per heavy atom. The van der Waals surface area contributed by atoms with E-state index >= 15 is 0 Å². The summed E-state index contributed by atoms with van der Waals surface area (Å²) >= 11 is 0. The van der Waals surface area contributed by atoms with Gasteiger partial charge < -0.3 is 14.5 Å². The third-order valence-corrected chi connectivity index (χ3v) is 4.29. The summed E-state index contributed by atoms with van der Waals surface area (Å²) in [5.41, 5.74) is 1.92. The molecule has 0 amide bonds. The highest BCUT2D eigenvalue weighted by molar-refractivity contribution is 5.86. The lowest BCUT2D eigenvalue weighted by Crippen LogP contribution is -2.47. The highest BCUT2D eigenvalue weighted by Gasteiger charge is 2.30. The van der Waals surface area contributed by atoms with E-state index in [-0.39, 0.29) is 11.6 Å². The van der Waals surface area contributed by atoms with Crippen LogP contribution >= 0.6 is 0 Å². The highest BCUT2D eigenvalue weighted by atomic mass is 19.1. The maximum Gasteiger partial charge on any atom is 0.508 e. The number of nitrogens with one attached hydrogen (secondary N) is 1. The number of halogens is 1. The van der Waals surface area contributed by atoms with Gasteiger partial charge in [0.2, 0.25) is 0 Å². The van der Waals surface area contributed by atoms with Crippen molar-refractivity contribution in [3.8, 4) is 0 Å². The van der Waals surface area contributed by atoms with E-state index in [1.54, 1.807) is 6.07 Å². The fraction of sp³-hybridized carbons (Fsp3) is 0.412. The Morgan fingerprint density at radius 1 is 1.46 bits per heavy atom. The second kappa shape index (κ2) is 7.00. The van der Waals surface area contributed by atoms with Crippen LogP contribution in [0.1, 0.15) is 12.0 Å². The number of Topliss-reactive ketones (excluding diaryl/α,β-unsaturated/α-hetero) is 1. The Balaban J connectivity index is 1.62. The Hall–Kier alpha value is -2.41. The summed E-state index contributed by atoms with van der Waals surface area (Å²) in [6.07, 6.45) is 1.29. The first kappa shape index (κ1) is 16.4. The van der Waals surface area contributed by atoms with Gasteiger partial charge in [-0.25, -0.2) is 9.18 Å².